The molecule has 0 aromatic carbocycles. The third-order valence-corrected chi connectivity index (χ3v) is 5.94. The number of rotatable bonds is 6. The summed E-state index contributed by atoms with van der Waals surface area (Å²) < 4.78 is 0. The van der Waals surface area contributed by atoms with Gasteiger partial charge in [0, 0.05) is 12.6 Å². The number of nitrogens with zero attached hydrogens (tertiary/aromatic N) is 2. The van der Waals surface area contributed by atoms with Crippen molar-refractivity contribution in [3.05, 3.63) is 11.6 Å². The summed E-state index contributed by atoms with van der Waals surface area (Å²) in [5.74, 6) is -1.71. The number of amides is 5. The molecule has 3 rings (SSSR count). The summed E-state index contributed by atoms with van der Waals surface area (Å²) in [6.07, 6.45) is 11.3. The Hall–Kier alpha value is -2.18. The van der Waals surface area contributed by atoms with Crippen LogP contribution in [0.4, 0.5) is 4.79 Å². The van der Waals surface area contributed by atoms with Gasteiger partial charge in [0.05, 0.1) is 0 Å². The van der Waals surface area contributed by atoms with E-state index < -0.39 is 17.8 Å². The van der Waals surface area contributed by atoms with E-state index in [4.69, 9.17) is 0 Å². The number of urea groups is 1. The van der Waals surface area contributed by atoms with Crippen molar-refractivity contribution in [1.82, 2.24) is 15.1 Å². The fourth-order valence-corrected chi connectivity index (χ4v) is 4.20. The third-order valence-electron chi connectivity index (χ3n) is 5.94. The molecule has 3 aliphatic rings. The summed E-state index contributed by atoms with van der Waals surface area (Å²) in [6.45, 7) is 1.92. The largest absolute Gasteiger partial charge is 0.352 e. The molecule has 0 aromatic heterocycles. The van der Waals surface area contributed by atoms with Crippen LogP contribution in [0.3, 0.4) is 0 Å². The van der Waals surface area contributed by atoms with E-state index >= 15 is 0 Å². The summed E-state index contributed by atoms with van der Waals surface area (Å²) in [5.41, 5.74) is 1.23. The van der Waals surface area contributed by atoms with Gasteiger partial charge in [-0.05, 0) is 50.9 Å². The van der Waals surface area contributed by atoms with Gasteiger partial charge in [0.2, 0.25) is 5.91 Å². The summed E-state index contributed by atoms with van der Waals surface area (Å²) in [5, 5.41) is 2.93. The van der Waals surface area contributed by atoms with Crippen LogP contribution in [-0.2, 0) is 14.4 Å². The highest BCUT2D eigenvalue weighted by Gasteiger charge is 2.45. The predicted octanol–water partition coefficient (Wildman–Crippen LogP) is 2.36. The maximum Gasteiger partial charge on any atom is 0.334 e. The molecule has 2 atom stereocenters. The van der Waals surface area contributed by atoms with Crippen LogP contribution >= 0.6 is 0 Å². The SMILES string of the molecule is CC1CCCCC1NC(=O)CN1C(=O)C(=O)N(CCC2=CCCCC2)C1=O. The minimum absolute atomic E-state index is 0.0732. The molecule has 0 bridgehead atoms. The van der Waals surface area contributed by atoms with Crippen molar-refractivity contribution in [3.8, 4) is 0 Å². The number of nitrogens with one attached hydrogen (secondary N) is 1. The van der Waals surface area contributed by atoms with E-state index in [0.717, 1.165) is 54.7 Å². The maximum atomic E-state index is 12.5. The first-order valence-corrected chi connectivity index (χ1v) is 10.1. The van der Waals surface area contributed by atoms with Crippen molar-refractivity contribution in [2.24, 2.45) is 5.92 Å². The highest BCUT2D eigenvalue weighted by Crippen LogP contribution is 2.24. The molecule has 0 spiro atoms. The van der Waals surface area contributed by atoms with E-state index in [0.29, 0.717) is 12.3 Å². The minimum atomic E-state index is -0.899. The summed E-state index contributed by atoms with van der Waals surface area (Å²) in [6, 6.07) is -0.600. The number of hydrogen-bond acceptors (Lipinski definition) is 4. The number of imide groups is 2. The standard InChI is InChI=1S/C20H29N3O4/c1-14-7-5-6-10-16(14)21-17(24)13-23-19(26)18(25)22(20(23)27)12-11-15-8-3-2-4-9-15/h8,14,16H,2-7,9-13H2,1H3,(H,21,24). The lowest BCUT2D eigenvalue weighted by Gasteiger charge is -2.29. The van der Waals surface area contributed by atoms with Crippen molar-refractivity contribution in [2.75, 3.05) is 13.1 Å². The Labute approximate surface area is 160 Å². The van der Waals surface area contributed by atoms with Crippen LogP contribution in [0.5, 0.6) is 0 Å². The Morgan fingerprint density at radius 1 is 1.07 bits per heavy atom. The van der Waals surface area contributed by atoms with Crippen LogP contribution in [0.2, 0.25) is 0 Å². The molecule has 5 amide bonds. The van der Waals surface area contributed by atoms with E-state index in [1.807, 2.05) is 0 Å². The normalized spacial score (nSPS) is 26.4. The molecule has 1 aliphatic heterocycles. The fraction of sp³-hybridized carbons (Fsp3) is 0.700. The zero-order valence-electron chi connectivity index (χ0n) is 16.0. The van der Waals surface area contributed by atoms with Gasteiger partial charge in [0.25, 0.3) is 0 Å². The van der Waals surface area contributed by atoms with Crippen LogP contribution < -0.4 is 5.32 Å². The van der Waals surface area contributed by atoms with Crippen molar-refractivity contribution >= 4 is 23.8 Å². The van der Waals surface area contributed by atoms with Gasteiger partial charge in [-0.3, -0.25) is 19.3 Å². The molecule has 27 heavy (non-hydrogen) atoms. The fourth-order valence-electron chi connectivity index (χ4n) is 4.20. The predicted molar refractivity (Wildman–Crippen MR) is 99.6 cm³/mol. The Bertz CT molecular complexity index is 658. The average Bonchev–Trinajstić information content (AvgIpc) is 2.86. The molecule has 2 fully saturated rings. The maximum absolute atomic E-state index is 12.5. The second-order valence-electron chi connectivity index (χ2n) is 7.92. The summed E-state index contributed by atoms with van der Waals surface area (Å²) in [7, 11) is 0. The first-order chi connectivity index (χ1) is 13.0. The summed E-state index contributed by atoms with van der Waals surface area (Å²) >= 11 is 0. The van der Waals surface area contributed by atoms with Gasteiger partial charge in [-0.1, -0.05) is 31.4 Å². The molecule has 1 saturated carbocycles. The quantitative estimate of drug-likeness (QED) is 0.439. The molecule has 0 aromatic rings. The summed E-state index contributed by atoms with van der Waals surface area (Å²) in [4.78, 5) is 51.0. The lowest BCUT2D eigenvalue weighted by atomic mass is 9.86. The second-order valence-corrected chi connectivity index (χ2v) is 7.92. The number of allylic oxidation sites excluding steroid dienone is 1. The Morgan fingerprint density at radius 3 is 2.52 bits per heavy atom. The molecule has 1 heterocycles. The van der Waals surface area contributed by atoms with Gasteiger partial charge in [-0.15, -0.1) is 0 Å². The number of carbonyl (C=O) groups excluding carboxylic acids is 4. The molecule has 1 saturated heterocycles. The van der Waals surface area contributed by atoms with Crippen LogP contribution in [0, 0.1) is 5.92 Å². The zero-order valence-corrected chi connectivity index (χ0v) is 16.0. The lowest BCUT2D eigenvalue weighted by Crippen LogP contribution is -2.47. The van der Waals surface area contributed by atoms with Crippen LogP contribution in [-0.4, -0.2) is 52.7 Å². The second kappa shape index (κ2) is 8.67. The van der Waals surface area contributed by atoms with Crippen molar-refractivity contribution in [2.45, 2.75) is 70.8 Å². The van der Waals surface area contributed by atoms with E-state index in [1.165, 1.54) is 12.0 Å². The van der Waals surface area contributed by atoms with Crippen LogP contribution in [0.15, 0.2) is 11.6 Å². The zero-order chi connectivity index (χ0) is 19.4. The van der Waals surface area contributed by atoms with Crippen LogP contribution in [0.1, 0.15) is 64.7 Å². The molecule has 1 N–H and O–H groups in total. The van der Waals surface area contributed by atoms with Crippen molar-refractivity contribution in [1.29, 1.82) is 0 Å². The minimum Gasteiger partial charge on any atom is -0.352 e. The van der Waals surface area contributed by atoms with Gasteiger partial charge < -0.3 is 5.32 Å². The Kier molecular flexibility index (Phi) is 6.29. The van der Waals surface area contributed by atoms with Crippen molar-refractivity contribution in [3.63, 3.8) is 0 Å². The van der Waals surface area contributed by atoms with Crippen molar-refractivity contribution < 1.29 is 19.2 Å². The molecule has 2 aliphatic carbocycles. The van der Waals surface area contributed by atoms with Gasteiger partial charge in [-0.2, -0.15) is 0 Å². The number of carbonyl (C=O) groups is 4. The Balaban J connectivity index is 1.55. The van der Waals surface area contributed by atoms with E-state index in [-0.39, 0.29) is 25.0 Å². The van der Waals surface area contributed by atoms with Gasteiger partial charge in [0.1, 0.15) is 6.54 Å². The van der Waals surface area contributed by atoms with E-state index in [1.54, 1.807) is 0 Å². The highest BCUT2D eigenvalue weighted by atomic mass is 16.2. The molecule has 148 valence electrons. The smallest absolute Gasteiger partial charge is 0.334 e. The van der Waals surface area contributed by atoms with E-state index in [2.05, 4.69) is 18.3 Å². The molecule has 7 heteroatoms. The highest BCUT2D eigenvalue weighted by molar-refractivity contribution is 6.45. The average molecular weight is 375 g/mol. The number of hydrogen-bond donors (Lipinski definition) is 1. The molecular weight excluding hydrogens is 346 g/mol. The third kappa shape index (κ3) is 4.57. The lowest BCUT2D eigenvalue weighted by molar-refractivity contribution is -0.144. The van der Waals surface area contributed by atoms with Gasteiger partial charge in [-0.25, -0.2) is 9.69 Å². The monoisotopic (exact) mass is 375 g/mol. The van der Waals surface area contributed by atoms with Gasteiger partial charge in [0.15, 0.2) is 0 Å². The van der Waals surface area contributed by atoms with Gasteiger partial charge >= 0.3 is 17.8 Å². The topological polar surface area (TPSA) is 86.8 Å². The van der Waals surface area contributed by atoms with E-state index in [9.17, 15) is 19.2 Å². The molecule has 2 unspecified atom stereocenters. The molecular formula is C20H29N3O4. The first-order valence-electron chi connectivity index (χ1n) is 10.1. The first kappa shape index (κ1) is 19.6. The Morgan fingerprint density at radius 2 is 1.81 bits per heavy atom. The molecule has 0 radical (unpaired) electrons. The van der Waals surface area contributed by atoms with Crippen LogP contribution in [0.25, 0.3) is 0 Å². The molecule has 7 nitrogen and oxygen atoms in total.